The van der Waals surface area contributed by atoms with Gasteiger partial charge in [-0.1, -0.05) is 25.5 Å². The molecule has 1 aromatic heterocycles. The zero-order valence-corrected chi connectivity index (χ0v) is 12.7. The summed E-state index contributed by atoms with van der Waals surface area (Å²) in [6, 6.07) is 5.82. The van der Waals surface area contributed by atoms with Crippen LogP contribution in [0.2, 0.25) is 0 Å². The maximum atomic E-state index is 6.06. The smallest absolute Gasteiger partial charge is 0.184 e. The van der Waals surface area contributed by atoms with Crippen molar-refractivity contribution in [2.24, 2.45) is 0 Å². The number of rotatable bonds is 8. The predicted octanol–water partition coefficient (Wildman–Crippen LogP) is 2.44. The molecule has 114 valence electrons. The number of nitrogens with zero attached hydrogens (tertiary/aromatic N) is 4. The lowest BCUT2D eigenvalue weighted by Crippen LogP contribution is -2.08. The first-order valence-electron chi connectivity index (χ1n) is 7.43. The van der Waals surface area contributed by atoms with E-state index in [0.29, 0.717) is 5.69 Å². The molecule has 2 N–H and O–H groups in total. The Morgan fingerprint density at radius 2 is 2.05 bits per heavy atom. The number of aryl methyl sites for hydroxylation is 2. The molecular formula is C15H23N5O. The number of unbranched alkanes of at least 4 members (excludes halogenated alkanes) is 1. The van der Waals surface area contributed by atoms with E-state index in [1.54, 1.807) is 4.68 Å². The predicted molar refractivity (Wildman–Crippen MR) is 82.7 cm³/mol. The molecule has 0 unspecified atom stereocenters. The molecule has 0 aliphatic heterocycles. The molecule has 0 saturated carbocycles. The molecule has 0 atom stereocenters. The van der Waals surface area contributed by atoms with Crippen molar-refractivity contribution in [3.8, 4) is 11.4 Å². The maximum Gasteiger partial charge on any atom is 0.184 e. The van der Waals surface area contributed by atoms with Gasteiger partial charge in [0.2, 0.25) is 0 Å². The van der Waals surface area contributed by atoms with E-state index in [1.807, 2.05) is 25.1 Å². The second-order valence-electron chi connectivity index (χ2n) is 5.08. The van der Waals surface area contributed by atoms with E-state index in [9.17, 15) is 0 Å². The fourth-order valence-corrected chi connectivity index (χ4v) is 2.20. The molecule has 1 aromatic carbocycles. The minimum absolute atomic E-state index is 0.699. The van der Waals surface area contributed by atoms with E-state index in [4.69, 9.17) is 10.5 Å². The largest absolute Gasteiger partial charge is 0.398 e. The van der Waals surface area contributed by atoms with Crippen LogP contribution in [0.5, 0.6) is 0 Å². The highest BCUT2D eigenvalue weighted by atomic mass is 16.5. The van der Waals surface area contributed by atoms with Gasteiger partial charge in [0, 0.05) is 31.0 Å². The van der Waals surface area contributed by atoms with Crippen molar-refractivity contribution in [3.63, 3.8) is 0 Å². The lowest BCUT2D eigenvalue weighted by atomic mass is 10.1. The van der Waals surface area contributed by atoms with Crippen LogP contribution in [0.15, 0.2) is 18.2 Å². The van der Waals surface area contributed by atoms with E-state index in [-0.39, 0.29) is 0 Å². The topological polar surface area (TPSA) is 78.8 Å². The Balaban J connectivity index is 1.99. The van der Waals surface area contributed by atoms with Crippen LogP contribution in [0.3, 0.4) is 0 Å². The third-order valence-electron chi connectivity index (χ3n) is 3.36. The Kier molecular flexibility index (Phi) is 5.68. The lowest BCUT2D eigenvalue weighted by molar-refractivity contribution is 0.125. The van der Waals surface area contributed by atoms with Crippen LogP contribution in [0.25, 0.3) is 11.4 Å². The zero-order chi connectivity index (χ0) is 15.1. The van der Waals surface area contributed by atoms with E-state index in [1.165, 1.54) is 0 Å². The van der Waals surface area contributed by atoms with Gasteiger partial charge in [0.1, 0.15) is 0 Å². The van der Waals surface area contributed by atoms with Gasteiger partial charge in [0.05, 0.1) is 0 Å². The van der Waals surface area contributed by atoms with E-state index >= 15 is 0 Å². The number of ether oxygens (including phenoxy) is 1. The van der Waals surface area contributed by atoms with Crippen molar-refractivity contribution in [1.82, 2.24) is 20.2 Å². The Hall–Kier alpha value is -1.95. The standard InChI is InChI=1S/C15H23N5O/c1-3-4-10-21-11-6-9-20-15(17-18-19-20)14-12(2)7-5-8-13(14)16/h5,7-8H,3-4,6,9-11,16H2,1-2H3. The van der Waals surface area contributed by atoms with Gasteiger partial charge in [-0.2, -0.15) is 0 Å². The monoisotopic (exact) mass is 289 g/mol. The third-order valence-corrected chi connectivity index (χ3v) is 3.36. The molecule has 2 aromatic rings. The molecule has 1 heterocycles. The molecule has 0 fully saturated rings. The summed E-state index contributed by atoms with van der Waals surface area (Å²) in [7, 11) is 0. The van der Waals surface area contributed by atoms with Crippen LogP contribution >= 0.6 is 0 Å². The number of aromatic nitrogens is 4. The van der Waals surface area contributed by atoms with Gasteiger partial charge >= 0.3 is 0 Å². The highest BCUT2D eigenvalue weighted by Crippen LogP contribution is 2.26. The van der Waals surface area contributed by atoms with E-state index < -0.39 is 0 Å². The van der Waals surface area contributed by atoms with Gasteiger partial charge in [0.15, 0.2) is 5.82 Å². The summed E-state index contributed by atoms with van der Waals surface area (Å²) in [5.74, 6) is 0.721. The molecular weight excluding hydrogens is 266 g/mol. The van der Waals surface area contributed by atoms with Gasteiger partial charge in [0.25, 0.3) is 0 Å². The summed E-state index contributed by atoms with van der Waals surface area (Å²) in [6.07, 6.45) is 3.15. The van der Waals surface area contributed by atoms with Gasteiger partial charge < -0.3 is 10.5 Å². The SMILES string of the molecule is CCCCOCCCn1nnnc1-c1c(C)cccc1N. The number of anilines is 1. The van der Waals surface area contributed by atoms with Crippen LogP contribution in [0.4, 0.5) is 5.69 Å². The van der Waals surface area contributed by atoms with E-state index in [2.05, 4.69) is 22.4 Å². The van der Waals surface area contributed by atoms with Gasteiger partial charge in [-0.15, -0.1) is 5.10 Å². The molecule has 0 amide bonds. The van der Waals surface area contributed by atoms with Gasteiger partial charge in [-0.25, -0.2) is 4.68 Å². The highest BCUT2D eigenvalue weighted by Gasteiger charge is 2.13. The number of benzene rings is 1. The normalized spacial score (nSPS) is 11.0. The number of hydrogen-bond donors (Lipinski definition) is 1. The summed E-state index contributed by atoms with van der Waals surface area (Å²) >= 11 is 0. The van der Waals surface area contributed by atoms with Gasteiger partial charge in [-0.3, -0.25) is 0 Å². The van der Waals surface area contributed by atoms with Crippen molar-refractivity contribution in [2.45, 2.75) is 39.7 Å². The average Bonchev–Trinajstić information content (AvgIpc) is 2.91. The average molecular weight is 289 g/mol. The van der Waals surface area contributed by atoms with Crippen molar-refractivity contribution in [3.05, 3.63) is 23.8 Å². The quantitative estimate of drug-likeness (QED) is 0.596. The first-order valence-corrected chi connectivity index (χ1v) is 7.43. The zero-order valence-electron chi connectivity index (χ0n) is 12.7. The van der Waals surface area contributed by atoms with Crippen molar-refractivity contribution in [2.75, 3.05) is 18.9 Å². The molecule has 0 aliphatic carbocycles. The second-order valence-corrected chi connectivity index (χ2v) is 5.08. The van der Waals surface area contributed by atoms with Crippen LogP contribution < -0.4 is 5.73 Å². The number of hydrogen-bond acceptors (Lipinski definition) is 5. The van der Waals surface area contributed by atoms with Crippen molar-refractivity contribution in [1.29, 1.82) is 0 Å². The summed E-state index contributed by atoms with van der Waals surface area (Å²) in [6.45, 7) is 6.44. The van der Waals surface area contributed by atoms with Crippen molar-refractivity contribution >= 4 is 5.69 Å². The van der Waals surface area contributed by atoms with Crippen LogP contribution in [-0.4, -0.2) is 33.4 Å². The number of nitrogens with two attached hydrogens (primary N) is 1. The molecule has 21 heavy (non-hydrogen) atoms. The Labute approximate surface area is 125 Å². The first kappa shape index (κ1) is 15.4. The Morgan fingerprint density at radius 1 is 1.24 bits per heavy atom. The van der Waals surface area contributed by atoms with Crippen LogP contribution in [-0.2, 0) is 11.3 Å². The Morgan fingerprint density at radius 3 is 2.81 bits per heavy atom. The molecule has 6 nitrogen and oxygen atoms in total. The van der Waals surface area contributed by atoms with E-state index in [0.717, 1.165) is 56.0 Å². The highest BCUT2D eigenvalue weighted by molar-refractivity contribution is 5.74. The number of nitrogen functional groups attached to an aromatic ring is 1. The minimum atomic E-state index is 0.699. The molecule has 0 saturated heterocycles. The van der Waals surface area contributed by atoms with Gasteiger partial charge in [-0.05, 0) is 41.8 Å². The third kappa shape index (κ3) is 4.01. The summed E-state index contributed by atoms with van der Waals surface area (Å²) in [5.41, 5.74) is 8.74. The fraction of sp³-hybridized carbons (Fsp3) is 0.533. The van der Waals surface area contributed by atoms with Crippen LogP contribution in [0, 0.1) is 6.92 Å². The molecule has 0 aliphatic rings. The lowest BCUT2D eigenvalue weighted by Gasteiger charge is -2.09. The summed E-state index contributed by atoms with van der Waals surface area (Å²) < 4.78 is 7.35. The summed E-state index contributed by atoms with van der Waals surface area (Å²) in [4.78, 5) is 0. The van der Waals surface area contributed by atoms with Crippen molar-refractivity contribution < 1.29 is 4.74 Å². The molecule has 6 heteroatoms. The molecule has 2 rings (SSSR count). The molecule has 0 bridgehead atoms. The second kappa shape index (κ2) is 7.73. The molecule has 0 radical (unpaired) electrons. The number of tetrazole rings is 1. The van der Waals surface area contributed by atoms with Crippen LogP contribution in [0.1, 0.15) is 31.7 Å². The maximum absolute atomic E-state index is 6.06. The fourth-order valence-electron chi connectivity index (χ4n) is 2.20. The first-order chi connectivity index (χ1) is 10.2. The molecule has 0 spiro atoms. The summed E-state index contributed by atoms with van der Waals surface area (Å²) in [5, 5.41) is 11.9. The minimum Gasteiger partial charge on any atom is -0.398 e. The Bertz CT molecular complexity index is 547.